The van der Waals surface area contributed by atoms with E-state index < -0.39 is 5.79 Å². The quantitative estimate of drug-likeness (QED) is 0.570. The fraction of sp³-hybridized carbons (Fsp3) is 0.571. The van der Waals surface area contributed by atoms with Crippen LogP contribution < -0.4 is 0 Å². The van der Waals surface area contributed by atoms with E-state index in [9.17, 15) is 0 Å². The van der Waals surface area contributed by atoms with Crippen LogP contribution in [0.1, 0.15) is 29.5 Å². The third-order valence-corrected chi connectivity index (χ3v) is 3.51. The lowest BCUT2D eigenvalue weighted by Crippen LogP contribution is -2.31. The fourth-order valence-electron chi connectivity index (χ4n) is 1.95. The number of rotatable bonds is 6. The molecule has 0 saturated heterocycles. The number of alkyl halides is 1. The Bertz CT molecular complexity index is 359. The molecule has 0 aliphatic carbocycles. The van der Waals surface area contributed by atoms with Crippen molar-refractivity contribution in [2.24, 2.45) is 0 Å². The average Bonchev–Trinajstić information content (AvgIpc) is 2.35. The third kappa shape index (κ3) is 3.21. The van der Waals surface area contributed by atoms with Crippen LogP contribution >= 0.6 is 11.6 Å². The zero-order valence-corrected chi connectivity index (χ0v) is 11.8. The zero-order chi connectivity index (χ0) is 12.9. The van der Waals surface area contributed by atoms with Crippen LogP contribution in [0, 0.1) is 13.8 Å². The minimum atomic E-state index is -0.673. The van der Waals surface area contributed by atoms with Crippen molar-refractivity contribution >= 4 is 11.6 Å². The lowest BCUT2D eigenvalue weighted by molar-refractivity contribution is -0.220. The van der Waals surface area contributed by atoms with Gasteiger partial charge in [-0.05, 0) is 31.4 Å². The van der Waals surface area contributed by atoms with Gasteiger partial charge in [0.05, 0.1) is 0 Å². The Morgan fingerprint density at radius 1 is 1.12 bits per heavy atom. The second-order valence-electron chi connectivity index (χ2n) is 4.25. The normalized spacial score (nSPS) is 11.8. The summed E-state index contributed by atoms with van der Waals surface area (Å²) in [7, 11) is 3.35. The molecule has 0 saturated carbocycles. The number of ether oxygens (including phenoxy) is 2. The monoisotopic (exact) mass is 256 g/mol. The van der Waals surface area contributed by atoms with Crippen molar-refractivity contribution in [1.29, 1.82) is 0 Å². The van der Waals surface area contributed by atoms with Crippen LogP contribution in [0.15, 0.2) is 18.2 Å². The number of benzene rings is 1. The number of methoxy groups -OCH3 is 2. The summed E-state index contributed by atoms with van der Waals surface area (Å²) >= 11 is 5.75. The molecule has 17 heavy (non-hydrogen) atoms. The Hall–Kier alpha value is -0.570. The number of aryl methyl sites for hydroxylation is 2. The summed E-state index contributed by atoms with van der Waals surface area (Å²) in [6.45, 7) is 4.19. The van der Waals surface area contributed by atoms with E-state index in [-0.39, 0.29) is 0 Å². The lowest BCUT2D eigenvalue weighted by atomic mass is 9.97. The molecule has 0 aromatic heterocycles. The second kappa shape index (κ2) is 6.39. The summed E-state index contributed by atoms with van der Waals surface area (Å²) in [4.78, 5) is 0. The van der Waals surface area contributed by atoms with Crippen LogP contribution in [-0.2, 0) is 15.3 Å². The molecule has 0 unspecified atom stereocenters. The van der Waals surface area contributed by atoms with Crippen molar-refractivity contribution in [3.8, 4) is 0 Å². The van der Waals surface area contributed by atoms with Gasteiger partial charge in [-0.1, -0.05) is 18.2 Å². The molecule has 0 bridgehead atoms. The number of hydrogen-bond acceptors (Lipinski definition) is 2. The Kier molecular flexibility index (Phi) is 5.44. The minimum absolute atomic E-state index is 0.610. The van der Waals surface area contributed by atoms with Crippen molar-refractivity contribution in [1.82, 2.24) is 0 Å². The molecule has 0 radical (unpaired) electrons. The smallest absolute Gasteiger partial charge is 0.194 e. The SMILES string of the molecule is COC(CCCCl)(OC)c1ccc(C)c(C)c1. The summed E-state index contributed by atoms with van der Waals surface area (Å²) in [5, 5.41) is 0. The molecular formula is C14H21ClO2. The van der Waals surface area contributed by atoms with E-state index >= 15 is 0 Å². The van der Waals surface area contributed by atoms with Crippen molar-refractivity contribution in [3.63, 3.8) is 0 Å². The van der Waals surface area contributed by atoms with E-state index in [4.69, 9.17) is 21.1 Å². The molecule has 0 atom stereocenters. The molecule has 2 nitrogen and oxygen atoms in total. The molecule has 96 valence electrons. The van der Waals surface area contributed by atoms with Crippen molar-refractivity contribution in [3.05, 3.63) is 34.9 Å². The van der Waals surface area contributed by atoms with Crippen molar-refractivity contribution < 1.29 is 9.47 Å². The highest BCUT2D eigenvalue weighted by Gasteiger charge is 2.31. The van der Waals surface area contributed by atoms with E-state index in [1.807, 2.05) is 0 Å². The minimum Gasteiger partial charge on any atom is -0.349 e. The molecular weight excluding hydrogens is 236 g/mol. The Morgan fingerprint density at radius 3 is 2.24 bits per heavy atom. The highest BCUT2D eigenvalue weighted by atomic mass is 35.5. The molecule has 1 aromatic rings. The van der Waals surface area contributed by atoms with Gasteiger partial charge in [-0.15, -0.1) is 11.6 Å². The first-order valence-corrected chi connectivity index (χ1v) is 6.37. The first-order chi connectivity index (χ1) is 8.09. The maximum absolute atomic E-state index is 5.75. The van der Waals surface area contributed by atoms with Gasteiger partial charge in [0.1, 0.15) is 0 Å². The summed E-state index contributed by atoms with van der Waals surface area (Å²) in [6.07, 6.45) is 1.61. The topological polar surface area (TPSA) is 18.5 Å². The highest BCUT2D eigenvalue weighted by molar-refractivity contribution is 6.17. The van der Waals surface area contributed by atoms with Crippen LogP contribution in [0.3, 0.4) is 0 Å². The highest BCUT2D eigenvalue weighted by Crippen LogP contribution is 2.32. The largest absolute Gasteiger partial charge is 0.349 e. The van der Waals surface area contributed by atoms with Crippen molar-refractivity contribution in [2.45, 2.75) is 32.5 Å². The fourth-order valence-corrected chi connectivity index (χ4v) is 2.08. The van der Waals surface area contributed by atoms with Crippen LogP contribution in [0.2, 0.25) is 0 Å². The van der Waals surface area contributed by atoms with E-state index in [2.05, 4.69) is 32.0 Å². The summed E-state index contributed by atoms with van der Waals surface area (Å²) in [5.41, 5.74) is 3.56. The molecule has 0 aliphatic rings. The van der Waals surface area contributed by atoms with Gasteiger partial charge in [-0.25, -0.2) is 0 Å². The summed E-state index contributed by atoms with van der Waals surface area (Å²) in [5.74, 6) is -0.0628. The zero-order valence-electron chi connectivity index (χ0n) is 11.0. The van der Waals surface area contributed by atoms with Gasteiger partial charge in [0.25, 0.3) is 0 Å². The molecule has 1 aromatic carbocycles. The van der Waals surface area contributed by atoms with Crippen LogP contribution in [0.5, 0.6) is 0 Å². The third-order valence-electron chi connectivity index (χ3n) is 3.25. The van der Waals surface area contributed by atoms with Crippen LogP contribution in [0.25, 0.3) is 0 Å². The van der Waals surface area contributed by atoms with Crippen LogP contribution in [-0.4, -0.2) is 20.1 Å². The average molecular weight is 257 g/mol. The molecule has 0 amide bonds. The van der Waals surface area contributed by atoms with Crippen molar-refractivity contribution in [2.75, 3.05) is 20.1 Å². The summed E-state index contributed by atoms with van der Waals surface area (Å²) in [6, 6.07) is 6.28. The molecule has 0 fully saturated rings. The molecule has 0 heterocycles. The predicted octanol–water partition coefficient (Wildman–Crippen LogP) is 3.77. The first kappa shape index (κ1) is 14.5. The molecule has 0 N–H and O–H groups in total. The molecule has 3 heteroatoms. The second-order valence-corrected chi connectivity index (χ2v) is 4.63. The Balaban J connectivity index is 3.07. The van der Waals surface area contributed by atoms with Gasteiger partial charge in [-0.3, -0.25) is 0 Å². The standard InChI is InChI=1S/C14H21ClO2/c1-11-6-7-13(10-12(11)2)14(16-3,17-4)8-5-9-15/h6-7,10H,5,8-9H2,1-4H3. The first-order valence-electron chi connectivity index (χ1n) is 5.83. The lowest BCUT2D eigenvalue weighted by Gasteiger charge is -2.31. The molecule has 0 aliphatic heterocycles. The molecule has 1 rings (SSSR count). The van der Waals surface area contributed by atoms with Crippen LogP contribution in [0.4, 0.5) is 0 Å². The van der Waals surface area contributed by atoms with Gasteiger partial charge < -0.3 is 9.47 Å². The van der Waals surface area contributed by atoms with E-state index in [1.165, 1.54) is 11.1 Å². The maximum Gasteiger partial charge on any atom is 0.194 e. The van der Waals surface area contributed by atoms with Gasteiger partial charge in [-0.2, -0.15) is 0 Å². The maximum atomic E-state index is 5.75. The van der Waals surface area contributed by atoms with Gasteiger partial charge in [0, 0.05) is 32.1 Å². The van der Waals surface area contributed by atoms with E-state index in [0.29, 0.717) is 5.88 Å². The van der Waals surface area contributed by atoms with Gasteiger partial charge >= 0.3 is 0 Å². The van der Waals surface area contributed by atoms with E-state index in [0.717, 1.165) is 18.4 Å². The number of hydrogen-bond donors (Lipinski definition) is 0. The van der Waals surface area contributed by atoms with Gasteiger partial charge in [0.15, 0.2) is 5.79 Å². The Morgan fingerprint density at radius 2 is 1.76 bits per heavy atom. The van der Waals surface area contributed by atoms with E-state index in [1.54, 1.807) is 14.2 Å². The predicted molar refractivity (Wildman–Crippen MR) is 71.6 cm³/mol. The van der Waals surface area contributed by atoms with Gasteiger partial charge in [0.2, 0.25) is 0 Å². The Labute approximate surface area is 109 Å². The number of halogens is 1. The molecule has 0 spiro atoms. The summed E-state index contributed by atoms with van der Waals surface area (Å²) < 4.78 is 11.2.